The van der Waals surface area contributed by atoms with Crippen LogP contribution in [0.3, 0.4) is 0 Å². The molecule has 90 valence electrons. The zero-order chi connectivity index (χ0) is 12.6. The fourth-order valence-corrected chi connectivity index (χ4v) is 1.89. The van der Waals surface area contributed by atoms with Crippen LogP contribution in [0.1, 0.15) is 0 Å². The molecule has 7 heteroatoms. The molecule has 17 heavy (non-hydrogen) atoms. The fraction of sp³-hybridized carbons (Fsp3) is 0.500. The van der Waals surface area contributed by atoms with Crippen molar-refractivity contribution in [3.8, 4) is 0 Å². The smallest absolute Gasteiger partial charge is 0.293 e. The minimum absolute atomic E-state index is 0.0154. The minimum atomic E-state index is -0.159. The Morgan fingerprint density at radius 3 is 2.65 bits per heavy atom. The maximum absolute atomic E-state index is 11.9. The van der Waals surface area contributed by atoms with E-state index in [2.05, 4.69) is 4.98 Å². The number of rotatable bonds is 1. The Morgan fingerprint density at radius 1 is 1.29 bits per heavy atom. The van der Waals surface area contributed by atoms with Crippen LogP contribution in [-0.2, 0) is 11.8 Å². The highest BCUT2D eigenvalue weighted by molar-refractivity contribution is 6.30. The van der Waals surface area contributed by atoms with Crippen molar-refractivity contribution in [2.45, 2.75) is 0 Å². The highest BCUT2D eigenvalue weighted by atomic mass is 16.2. The van der Waals surface area contributed by atoms with E-state index in [1.165, 1.54) is 4.57 Å². The summed E-state index contributed by atoms with van der Waals surface area (Å²) in [4.78, 5) is 31.2. The average molecular weight is 234 g/mol. The van der Waals surface area contributed by atoms with E-state index >= 15 is 0 Å². The molecule has 1 aromatic rings. The molecule has 6 nitrogen and oxygen atoms in total. The second-order valence-electron chi connectivity index (χ2n) is 4.36. The van der Waals surface area contributed by atoms with Gasteiger partial charge in [0.1, 0.15) is 0 Å². The molecule has 0 saturated carbocycles. The summed E-state index contributed by atoms with van der Waals surface area (Å²) in [5, 5.41) is 0. The van der Waals surface area contributed by atoms with Gasteiger partial charge in [-0.3, -0.25) is 9.59 Å². The van der Waals surface area contributed by atoms with Gasteiger partial charge in [0, 0.05) is 39.0 Å². The number of nitrogens with zero attached hydrogens (tertiary/aromatic N) is 4. The van der Waals surface area contributed by atoms with Crippen LogP contribution < -0.4 is 16.1 Å². The third kappa shape index (κ3) is 2.18. The van der Waals surface area contributed by atoms with E-state index in [0.717, 1.165) is 5.59 Å². The summed E-state index contributed by atoms with van der Waals surface area (Å²) in [6.45, 7) is 1.49. The average Bonchev–Trinajstić information content (AvgIpc) is 2.27. The summed E-state index contributed by atoms with van der Waals surface area (Å²) in [7, 11) is 5.29. The van der Waals surface area contributed by atoms with Crippen LogP contribution in [0.25, 0.3) is 0 Å². The third-order valence-electron chi connectivity index (χ3n) is 2.93. The van der Waals surface area contributed by atoms with E-state index in [4.69, 9.17) is 0 Å². The molecule has 0 aromatic carbocycles. The lowest BCUT2D eigenvalue weighted by molar-refractivity contribution is -0.129. The van der Waals surface area contributed by atoms with Crippen LogP contribution in [0.5, 0.6) is 0 Å². The van der Waals surface area contributed by atoms with Gasteiger partial charge >= 0.3 is 0 Å². The van der Waals surface area contributed by atoms with Crippen molar-refractivity contribution >= 4 is 25.2 Å². The highest BCUT2D eigenvalue weighted by Gasteiger charge is 2.24. The Labute approximate surface area is 100 Å². The van der Waals surface area contributed by atoms with E-state index in [1.807, 2.05) is 7.85 Å². The zero-order valence-corrected chi connectivity index (χ0v) is 10.3. The molecule has 0 unspecified atom stereocenters. The Hall–Kier alpha value is -1.79. The van der Waals surface area contributed by atoms with E-state index < -0.39 is 0 Å². The molecule has 0 radical (unpaired) electrons. The first-order valence-corrected chi connectivity index (χ1v) is 5.52. The lowest BCUT2D eigenvalue weighted by Gasteiger charge is -2.32. The van der Waals surface area contributed by atoms with Crippen molar-refractivity contribution in [2.24, 2.45) is 7.05 Å². The van der Waals surface area contributed by atoms with Crippen LogP contribution in [0.2, 0.25) is 0 Å². The van der Waals surface area contributed by atoms with Gasteiger partial charge in [-0.25, -0.2) is 4.98 Å². The summed E-state index contributed by atoms with van der Waals surface area (Å²) in [5.74, 6) is 0.385. The second-order valence-corrected chi connectivity index (χ2v) is 4.36. The number of hydrogen-bond acceptors (Lipinski definition) is 4. The summed E-state index contributed by atoms with van der Waals surface area (Å²) in [5.41, 5.74) is 0.612. The van der Waals surface area contributed by atoms with Crippen molar-refractivity contribution in [1.29, 1.82) is 0 Å². The van der Waals surface area contributed by atoms with Gasteiger partial charge in [0.15, 0.2) is 13.7 Å². The Morgan fingerprint density at radius 2 is 2.00 bits per heavy atom. The Balaban J connectivity index is 2.35. The molecule has 1 amide bonds. The number of piperazine rings is 1. The number of amides is 1. The topological polar surface area (TPSA) is 58.4 Å². The van der Waals surface area contributed by atoms with Crippen molar-refractivity contribution in [1.82, 2.24) is 14.5 Å². The van der Waals surface area contributed by atoms with Crippen molar-refractivity contribution in [3.63, 3.8) is 0 Å². The quantitative estimate of drug-likeness (QED) is 0.497. The van der Waals surface area contributed by atoms with E-state index in [9.17, 15) is 9.59 Å². The van der Waals surface area contributed by atoms with Gasteiger partial charge in [-0.1, -0.05) is 0 Å². The van der Waals surface area contributed by atoms with Gasteiger partial charge in [-0.05, 0) is 0 Å². The first-order chi connectivity index (χ1) is 7.99. The highest BCUT2D eigenvalue weighted by Crippen LogP contribution is 2.07. The molecule has 0 N–H and O–H groups in total. The third-order valence-corrected chi connectivity index (χ3v) is 2.93. The Kier molecular flexibility index (Phi) is 2.91. The molecule has 2 rings (SSSR count). The summed E-state index contributed by atoms with van der Waals surface area (Å²) in [6, 6.07) is 0. The van der Waals surface area contributed by atoms with Crippen molar-refractivity contribution in [3.05, 3.63) is 16.6 Å². The predicted molar refractivity (Wildman–Crippen MR) is 67.5 cm³/mol. The van der Waals surface area contributed by atoms with Crippen LogP contribution in [0.15, 0.2) is 11.0 Å². The number of aryl methyl sites for hydroxylation is 1. The van der Waals surface area contributed by atoms with E-state index in [0.29, 0.717) is 18.9 Å². The molecular formula is C10H15BN4O2. The van der Waals surface area contributed by atoms with E-state index in [1.54, 1.807) is 30.1 Å². The predicted octanol–water partition coefficient (Wildman–Crippen LogP) is -2.68. The lowest BCUT2D eigenvalue weighted by atomic mass is 10.1. The number of anilines is 1. The first-order valence-electron chi connectivity index (χ1n) is 5.52. The van der Waals surface area contributed by atoms with Gasteiger partial charge < -0.3 is 14.4 Å². The van der Waals surface area contributed by atoms with Gasteiger partial charge in [0.25, 0.3) is 5.56 Å². The van der Waals surface area contributed by atoms with Gasteiger partial charge in [-0.15, -0.1) is 0 Å². The van der Waals surface area contributed by atoms with E-state index in [-0.39, 0.29) is 18.0 Å². The molecular weight excluding hydrogens is 219 g/mol. The molecule has 1 aliphatic heterocycles. The Bertz CT molecular complexity index is 514. The first kappa shape index (κ1) is 11.7. The minimum Gasteiger partial charge on any atom is -0.342 e. The second kappa shape index (κ2) is 4.23. The standard InChI is InChI=1S/C10H15BN4O2/c1-13-3-4-15(6-8(13)16)9-10(17)14(2)5-7(11)12-9/h5H,3-4,6,11H2,1-2H3. The maximum atomic E-state index is 11.9. The van der Waals surface area contributed by atoms with Gasteiger partial charge in [0.05, 0.1) is 6.54 Å². The molecule has 1 aromatic heterocycles. The fourth-order valence-electron chi connectivity index (χ4n) is 1.89. The molecule has 2 heterocycles. The summed E-state index contributed by atoms with van der Waals surface area (Å²) < 4.78 is 1.50. The number of likely N-dealkylation sites (N-methyl/N-ethyl adjacent to an activating group) is 1. The van der Waals surface area contributed by atoms with Crippen LogP contribution in [0, 0.1) is 0 Å². The molecule has 0 atom stereocenters. The summed E-state index contributed by atoms with van der Waals surface area (Å²) >= 11 is 0. The maximum Gasteiger partial charge on any atom is 0.293 e. The van der Waals surface area contributed by atoms with Gasteiger partial charge in [-0.2, -0.15) is 0 Å². The molecule has 1 fully saturated rings. The number of carbonyl (C=O) groups excluding carboxylic acids is 1. The molecule has 1 saturated heterocycles. The SMILES string of the molecule is Bc1cn(C)c(=O)c(N2CCN(C)C(=O)C2)n1. The number of carbonyl (C=O) groups is 1. The number of aromatic nitrogens is 2. The van der Waals surface area contributed by atoms with Crippen molar-refractivity contribution in [2.75, 3.05) is 31.6 Å². The molecule has 1 aliphatic rings. The molecule has 0 bridgehead atoms. The monoisotopic (exact) mass is 234 g/mol. The van der Waals surface area contributed by atoms with Crippen LogP contribution in [0.4, 0.5) is 5.82 Å². The lowest BCUT2D eigenvalue weighted by Crippen LogP contribution is -2.51. The van der Waals surface area contributed by atoms with Crippen LogP contribution in [-0.4, -0.2) is 54.9 Å². The van der Waals surface area contributed by atoms with Crippen LogP contribution >= 0.6 is 0 Å². The normalized spacial score (nSPS) is 16.5. The summed E-state index contributed by atoms with van der Waals surface area (Å²) in [6.07, 6.45) is 1.68. The van der Waals surface area contributed by atoms with Crippen molar-refractivity contribution < 1.29 is 4.79 Å². The zero-order valence-electron chi connectivity index (χ0n) is 10.3. The molecule has 0 aliphatic carbocycles. The number of hydrogen-bond donors (Lipinski definition) is 0. The molecule has 0 spiro atoms. The van der Waals surface area contributed by atoms with Gasteiger partial charge in [0.2, 0.25) is 5.91 Å². The largest absolute Gasteiger partial charge is 0.342 e.